The maximum Gasteiger partial charge on any atom is 0.292 e. The summed E-state index contributed by atoms with van der Waals surface area (Å²) in [5.41, 5.74) is 0.472. The molecule has 1 aromatic heterocycles. The summed E-state index contributed by atoms with van der Waals surface area (Å²) in [7, 11) is 0. The Morgan fingerprint density at radius 3 is 2.50 bits per heavy atom. The van der Waals surface area contributed by atoms with Crippen molar-refractivity contribution in [2.45, 2.75) is 12.8 Å². The Morgan fingerprint density at radius 2 is 1.75 bits per heavy atom. The van der Waals surface area contributed by atoms with Crippen molar-refractivity contribution in [1.29, 1.82) is 0 Å². The van der Waals surface area contributed by atoms with Crippen molar-refractivity contribution in [3.63, 3.8) is 0 Å². The number of non-ortho nitro benzene ring substituents is 1. The number of aryl methyl sites for hydroxylation is 1. The van der Waals surface area contributed by atoms with Crippen LogP contribution in [-0.4, -0.2) is 15.8 Å². The Morgan fingerprint density at radius 1 is 0.964 bits per heavy atom. The summed E-state index contributed by atoms with van der Waals surface area (Å²) in [6.45, 7) is 0. The molecule has 0 fully saturated rings. The molecule has 0 saturated carbocycles. The predicted molar refractivity (Wildman–Crippen MR) is 101 cm³/mol. The second-order valence-corrected chi connectivity index (χ2v) is 5.90. The van der Waals surface area contributed by atoms with E-state index in [9.17, 15) is 25.0 Å². The molecule has 3 rings (SSSR count). The summed E-state index contributed by atoms with van der Waals surface area (Å²) in [5, 5.41) is 24.4. The normalized spacial score (nSPS) is 10.4. The number of para-hydroxylation sites is 2. The van der Waals surface area contributed by atoms with Gasteiger partial charge in [0.1, 0.15) is 17.2 Å². The number of nitro benzene ring substituents is 2. The zero-order chi connectivity index (χ0) is 20.1. The second-order valence-electron chi connectivity index (χ2n) is 5.90. The first-order valence-electron chi connectivity index (χ1n) is 8.31. The van der Waals surface area contributed by atoms with Crippen LogP contribution in [0.4, 0.5) is 17.1 Å². The molecule has 0 aliphatic heterocycles. The summed E-state index contributed by atoms with van der Waals surface area (Å²) >= 11 is 0. The summed E-state index contributed by atoms with van der Waals surface area (Å²) in [4.78, 5) is 32.9. The average Bonchev–Trinajstić information content (AvgIpc) is 3.16. The largest absolute Gasteiger partial charge is 0.461 e. The first kappa shape index (κ1) is 18.8. The van der Waals surface area contributed by atoms with E-state index < -0.39 is 9.85 Å². The third kappa shape index (κ3) is 4.39. The molecule has 0 bridgehead atoms. The molecule has 3 aromatic rings. The lowest BCUT2D eigenvalue weighted by Crippen LogP contribution is -2.13. The number of furan rings is 1. The Bertz CT molecular complexity index is 1040. The van der Waals surface area contributed by atoms with Gasteiger partial charge in [-0.15, -0.1) is 0 Å². The van der Waals surface area contributed by atoms with Crippen molar-refractivity contribution in [3.05, 3.63) is 86.7 Å². The lowest BCUT2D eigenvalue weighted by atomic mass is 10.1. The van der Waals surface area contributed by atoms with E-state index in [2.05, 4.69) is 5.32 Å². The van der Waals surface area contributed by atoms with Crippen LogP contribution in [0.1, 0.15) is 12.2 Å². The highest BCUT2D eigenvalue weighted by Crippen LogP contribution is 2.27. The van der Waals surface area contributed by atoms with Gasteiger partial charge in [-0.2, -0.15) is 0 Å². The number of hydrogen-bond donors (Lipinski definition) is 1. The molecule has 0 aliphatic carbocycles. The van der Waals surface area contributed by atoms with Gasteiger partial charge in [0.25, 0.3) is 11.4 Å². The van der Waals surface area contributed by atoms with Crippen molar-refractivity contribution < 1.29 is 19.1 Å². The molecule has 1 N–H and O–H groups in total. The molecule has 28 heavy (non-hydrogen) atoms. The lowest BCUT2D eigenvalue weighted by molar-refractivity contribution is -0.384. The topological polar surface area (TPSA) is 129 Å². The molecule has 0 aliphatic rings. The van der Waals surface area contributed by atoms with Gasteiger partial charge >= 0.3 is 0 Å². The molecule has 0 radical (unpaired) electrons. The van der Waals surface area contributed by atoms with Crippen molar-refractivity contribution in [2.75, 3.05) is 5.32 Å². The van der Waals surface area contributed by atoms with E-state index in [1.54, 1.807) is 30.3 Å². The van der Waals surface area contributed by atoms with E-state index in [4.69, 9.17) is 4.42 Å². The minimum absolute atomic E-state index is 0.0423. The van der Waals surface area contributed by atoms with E-state index in [0.29, 0.717) is 17.1 Å². The van der Waals surface area contributed by atoms with E-state index in [1.165, 1.54) is 30.3 Å². The zero-order valence-corrected chi connectivity index (χ0v) is 14.5. The Labute approximate surface area is 158 Å². The van der Waals surface area contributed by atoms with Gasteiger partial charge in [0.2, 0.25) is 5.91 Å². The summed E-state index contributed by atoms with van der Waals surface area (Å²) in [6, 6.07) is 15.3. The maximum absolute atomic E-state index is 12.1. The number of hydrogen-bond acceptors (Lipinski definition) is 6. The SMILES string of the molecule is O=C(CCc1ccc(-c2cccc([N+](=O)[O-])c2)o1)Nc1ccccc1[N+](=O)[O-]. The minimum Gasteiger partial charge on any atom is -0.461 e. The van der Waals surface area contributed by atoms with Crippen LogP contribution < -0.4 is 5.32 Å². The first-order valence-corrected chi connectivity index (χ1v) is 8.31. The molecule has 1 heterocycles. The molecule has 0 saturated heterocycles. The second kappa shape index (κ2) is 8.12. The van der Waals surface area contributed by atoms with Crippen molar-refractivity contribution in [1.82, 2.24) is 0 Å². The molecule has 2 aromatic carbocycles. The third-order valence-corrected chi connectivity index (χ3v) is 3.98. The fourth-order valence-corrected chi connectivity index (χ4v) is 2.63. The maximum atomic E-state index is 12.1. The van der Waals surface area contributed by atoms with Crippen LogP contribution in [0.3, 0.4) is 0 Å². The smallest absolute Gasteiger partial charge is 0.292 e. The van der Waals surface area contributed by atoms with E-state index in [0.717, 1.165) is 0 Å². The van der Waals surface area contributed by atoms with Crippen molar-refractivity contribution in [3.8, 4) is 11.3 Å². The van der Waals surface area contributed by atoms with Crippen LogP contribution in [0.2, 0.25) is 0 Å². The highest BCUT2D eigenvalue weighted by atomic mass is 16.6. The molecular formula is C19H15N3O6. The highest BCUT2D eigenvalue weighted by molar-refractivity contribution is 5.93. The number of benzene rings is 2. The highest BCUT2D eigenvalue weighted by Gasteiger charge is 2.15. The molecule has 0 unspecified atom stereocenters. The molecule has 142 valence electrons. The standard InChI is InChI=1S/C19H15N3O6/c23-19(20-16-6-1-2-7-17(16)22(26)27)11-9-15-8-10-18(28-15)13-4-3-5-14(12-13)21(24)25/h1-8,10,12H,9,11H2,(H,20,23). The van der Waals surface area contributed by atoms with Crippen LogP contribution in [0.15, 0.2) is 65.1 Å². The number of amides is 1. The summed E-state index contributed by atoms with van der Waals surface area (Å²) < 4.78 is 5.66. The predicted octanol–water partition coefficient (Wildman–Crippen LogP) is 4.33. The molecule has 9 nitrogen and oxygen atoms in total. The average molecular weight is 381 g/mol. The number of nitro groups is 2. The fourth-order valence-electron chi connectivity index (χ4n) is 2.63. The van der Waals surface area contributed by atoms with Crippen LogP contribution >= 0.6 is 0 Å². The van der Waals surface area contributed by atoms with Gasteiger partial charge in [0, 0.05) is 36.6 Å². The van der Waals surface area contributed by atoms with E-state index >= 15 is 0 Å². The number of carbonyl (C=O) groups is 1. The van der Waals surface area contributed by atoms with Gasteiger partial charge in [-0.1, -0.05) is 24.3 Å². The van der Waals surface area contributed by atoms with Crippen LogP contribution in [-0.2, 0) is 11.2 Å². The van der Waals surface area contributed by atoms with E-state index in [1.807, 2.05) is 0 Å². The number of nitrogens with one attached hydrogen (secondary N) is 1. The summed E-state index contributed by atoms with van der Waals surface area (Å²) in [6.07, 6.45) is 0.343. The van der Waals surface area contributed by atoms with Crippen LogP contribution in [0, 0.1) is 20.2 Å². The molecule has 1 amide bonds. The zero-order valence-electron chi connectivity index (χ0n) is 14.5. The van der Waals surface area contributed by atoms with Crippen LogP contribution in [0.25, 0.3) is 11.3 Å². The third-order valence-electron chi connectivity index (χ3n) is 3.98. The molecular weight excluding hydrogens is 366 g/mol. The number of anilines is 1. The number of carbonyl (C=O) groups excluding carboxylic acids is 1. The Balaban J connectivity index is 1.63. The molecule has 9 heteroatoms. The van der Waals surface area contributed by atoms with Gasteiger partial charge < -0.3 is 9.73 Å². The van der Waals surface area contributed by atoms with Gasteiger partial charge in [-0.25, -0.2) is 0 Å². The van der Waals surface area contributed by atoms with Gasteiger partial charge in [0.15, 0.2) is 0 Å². The quantitative estimate of drug-likeness (QED) is 0.479. The molecule has 0 spiro atoms. The number of nitrogens with zero attached hydrogens (tertiary/aromatic N) is 2. The Kier molecular flexibility index (Phi) is 5.45. The Hall–Kier alpha value is -4.01. The lowest BCUT2D eigenvalue weighted by Gasteiger charge is -2.05. The molecule has 0 atom stereocenters. The van der Waals surface area contributed by atoms with Gasteiger partial charge in [0.05, 0.1) is 9.85 Å². The van der Waals surface area contributed by atoms with Crippen LogP contribution in [0.5, 0.6) is 0 Å². The monoisotopic (exact) mass is 381 g/mol. The minimum atomic E-state index is -0.562. The summed E-state index contributed by atoms with van der Waals surface area (Å²) in [5.74, 6) is 0.597. The van der Waals surface area contributed by atoms with Crippen molar-refractivity contribution in [2.24, 2.45) is 0 Å². The van der Waals surface area contributed by atoms with Gasteiger partial charge in [-0.05, 0) is 18.2 Å². The van der Waals surface area contributed by atoms with Crippen molar-refractivity contribution >= 4 is 23.0 Å². The van der Waals surface area contributed by atoms with E-state index in [-0.39, 0.29) is 35.8 Å². The first-order chi connectivity index (χ1) is 13.4. The number of rotatable bonds is 7. The van der Waals surface area contributed by atoms with Gasteiger partial charge in [-0.3, -0.25) is 25.0 Å². The fraction of sp³-hybridized carbons (Fsp3) is 0.105.